The summed E-state index contributed by atoms with van der Waals surface area (Å²) in [5.74, 6) is -0.424. The van der Waals surface area contributed by atoms with Gasteiger partial charge in [0.25, 0.3) is 0 Å². The molecule has 4 heteroatoms. The summed E-state index contributed by atoms with van der Waals surface area (Å²) in [5.41, 5.74) is 3.26. The molecule has 1 aliphatic carbocycles. The van der Waals surface area contributed by atoms with Crippen LogP contribution in [0.5, 0.6) is 0 Å². The molecule has 114 valence electrons. The minimum atomic E-state index is -0.904. The summed E-state index contributed by atoms with van der Waals surface area (Å²) < 4.78 is -0.904. The predicted octanol–water partition coefficient (Wildman–Crippen LogP) is 4.39. The van der Waals surface area contributed by atoms with Gasteiger partial charge in [0, 0.05) is 0 Å². The zero-order valence-electron chi connectivity index (χ0n) is 12.2. The van der Waals surface area contributed by atoms with Gasteiger partial charge >= 0.3 is 0 Å². The van der Waals surface area contributed by atoms with Crippen LogP contribution in [0.25, 0.3) is 0 Å². The van der Waals surface area contributed by atoms with Crippen molar-refractivity contribution in [2.45, 2.75) is 23.7 Å². The third kappa shape index (κ3) is 3.29. The molecule has 0 radical (unpaired) electrons. The predicted molar refractivity (Wildman–Crippen MR) is 90.2 cm³/mol. The lowest BCUT2D eigenvalue weighted by Gasteiger charge is -2.20. The molecule has 2 nitrogen and oxygen atoms in total. The summed E-state index contributed by atoms with van der Waals surface area (Å²) in [6.07, 6.45) is 0.511. The second-order valence-electron chi connectivity index (χ2n) is 5.78. The quantitative estimate of drug-likeness (QED) is 0.826. The molecule has 1 aliphatic rings. The molecule has 0 aliphatic heterocycles. The van der Waals surface area contributed by atoms with Crippen molar-refractivity contribution in [3.05, 3.63) is 71.3 Å². The first-order chi connectivity index (χ1) is 10.5. The van der Waals surface area contributed by atoms with E-state index in [2.05, 4.69) is 5.32 Å². The van der Waals surface area contributed by atoms with Crippen LogP contribution in [0.15, 0.2) is 54.6 Å². The van der Waals surface area contributed by atoms with Crippen LogP contribution in [0.2, 0.25) is 0 Å². The molecule has 22 heavy (non-hydrogen) atoms. The maximum atomic E-state index is 12.4. The lowest BCUT2D eigenvalue weighted by molar-refractivity contribution is -0.122. The molecule has 3 rings (SSSR count). The molecule has 2 unspecified atom stereocenters. The largest absolute Gasteiger partial charge is 0.345 e. The SMILES string of the molecule is Cc1ccc(C(NC(=O)C2CC2(Cl)Cl)c2ccccc2)cc1. The number of hydrogen-bond donors (Lipinski definition) is 1. The zero-order valence-corrected chi connectivity index (χ0v) is 13.7. The first-order valence-corrected chi connectivity index (χ1v) is 8.03. The van der Waals surface area contributed by atoms with Gasteiger partial charge in [-0.25, -0.2) is 0 Å². The minimum Gasteiger partial charge on any atom is -0.345 e. The van der Waals surface area contributed by atoms with E-state index >= 15 is 0 Å². The monoisotopic (exact) mass is 333 g/mol. The fraction of sp³-hybridized carbons (Fsp3) is 0.278. The molecule has 0 heterocycles. The Morgan fingerprint density at radius 1 is 1.09 bits per heavy atom. The number of amides is 1. The minimum absolute atomic E-state index is 0.0978. The third-order valence-electron chi connectivity index (χ3n) is 3.97. The fourth-order valence-electron chi connectivity index (χ4n) is 2.50. The summed E-state index contributed by atoms with van der Waals surface area (Å²) >= 11 is 12.0. The molecule has 1 fully saturated rings. The van der Waals surface area contributed by atoms with Crippen molar-refractivity contribution in [2.75, 3.05) is 0 Å². The molecule has 0 aromatic heterocycles. The number of hydrogen-bond acceptors (Lipinski definition) is 1. The van der Waals surface area contributed by atoms with Gasteiger partial charge in [0.05, 0.1) is 12.0 Å². The summed E-state index contributed by atoms with van der Waals surface area (Å²) in [5, 5.41) is 3.08. The Morgan fingerprint density at radius 2 is 1.64 bits per heavy atom. The third-order valence-corrected chi connectivity index (χ3v) is 4.81. The number of rotatable bonds is 4. The molecule has 2 atom stereocenters. The van der Waals surface area contributed by atoms with Gasteiger partial charge in [-0.15, -0.1) is 23.2 Å². The van der Waals surface area contributed by atoms with Crippen molar-refractivity contribution < 1.29 is 4.79 Å². The Bertz CT molecular complexity index is 667. The van der Waals surface area contributed by atoms with Crippen molar-refractivity contribution >= 4 is 29.1 Å². The van der Waals surface area contributed by atoms with Crippen LogP contribution in [0, 0.1) is 12.8 Å². The van der Waals surface area contributed by atoms with Crippen LogP contribution in [-0.4, -0.2) is 10.2 Å². The molecule has 0 spiro atoms. The van der Waals surface area contributed by atoms with Gasteiger partial charge in [-0.05, 0) is 24.5 Å². The standard InChI is InChI=1S/C18H17Cl2NO/c1-12-7-9-14(10-8-12)16(13-5-3-2-4-6-13)21-17(22)15-11-18(15,19)20/h2-10,15-16H,11H2,1H3,(H,21,22). The Balaban J connectivity index is 1.87. The van der Waals surface area contributed by atoms with Gasteiger partial charge in [-0.3, -0.25) is 4.79 Å². The second kappa shape index (κ2) is 5.94. The van der Waals surface area contributed by atoms with E-state index in [-0.39, 0.29) is 17.9 Å². The van der Waals surface area contributed by atoms with Gasteiger partial charge in [0.15, 0.2) is 0 Å². The Morgan fingerprint density at radius 3 is 2.18 bits per heavy atom. The van der Waals surface area contributed by atoms with Gasteiger partial charge in [-0.1, -0.05) is 60.2 Å². The van der Waals surface area contributed by atoms with Crippen LogP contribution in [0.3, 0.4) is 0 Å². The maximum Gasteiger partial charge on any atom is 0.227 e. The molecular weight excluding hydrogens is 317 g/mol. The Labute approximate surface area is 140 Å². The van der Waals surface area contributed by atoms with Crippen molar-refractivity contribution in [1.29, 1.82) is 0 Å². The van der Waals surface area contributed by atoms with Crippen molar-refractivity contribution in [3.63, 3.8) is 0 Å². The highest BCUT2D eigenvalue weighted by atomic mass is 35.5. The Hall–Kier alpha value is -1.51. The average molecular weight is 334 g/mol. The smallest absolute Gasteiger partial charge is 0.227 e. The molecule has 1 N–H and O–H groups in total. The molecule has 2 aromatic carbocycles. The first kappa shape index (κ1) is 15.4. The fourth-order valence-corrected chi connectivity index (χ4v) is 3.01. The molecule has 0 bridgehead atoms. The number of alkyl halides is 2. The zero-order chi connectivity index (χ0) is 15.7. The highest BCUT2D eigenvalue weighted by Crippen LogP contribution is 2.53. The molecule has 1 amide bonds. The van der Waals surface area contributed by atoms with Gasteiger partial charge < -0.3 is 5.32 Å². The van der Waals surface area contributed by atoms with E-state index in [1.807, 2.05) is 61.5 Å². The Kier molecular flexibility index (Phi) is 4.16. The second-order valence-corrected chi connectivity index (χ2v) is 7.32. The lowest BCUT2D eigenvalue weighted by Crippen LogP contribution is -2.31. The van der Waals surface area contributed by atoms with Crippen LogP contribution in [-0.2, 0) is 4.79 Å². The highest BCUT2D eigenvalue weighted by Gasteiger charge is 2.56. The van der Waals surface area contributed by atoms with Crippen LogP contribution in [0.4, 0.5) is 0 Å². The van der Waals surface area contributed by atoms with Crippen molar-refractivity contribution in [2.24, 2.45) is 5.92 Å². The number of halogens is 2. The number of carbonyl (C=O) groups excluding carboxylic acids is 1. The summed E-state index contributed by atoms with van der Waals surface area (Å²) in [6, 6.07) is 17.9. The van der Waals surface area contributed by atoms with Gasteiger partial charge in [-0.2, -0.15) is 0 Å². The number of benzene rings is 2. The van der Waals surface area contributed by atoms with E-state index in [1.165, 1.54) is 5.56 Å². The lowest BCUT2D eigenvalue weighted by atomic mass is 9.97. The van der Waals surface area contributed by atoms with E-state index < -0.39 is 4.33 Å². The number of carbonyl (C=O) groups is 1. The van der Waals surface area contributed by atoms with Crippen molar-refractivity contribution in [1.82, 2.24) is 5.32 Å². The summed E-state index contributed by atoms with van der Waals surface area (Å²) in [4.78, 5) is 12.4. The van der Waals surface area contributed by atoms with Crippen LogP contribution in [0.1, 0.15) is 29.2 Å². The van der Waals surface area contributed by atoms with E-state index in [0.29, 0.717) is 6.42 Å². The van der Waals surface area contributed by atoms with Crippen LogP contribution < -0.4 is 5.32 Å². The maximum absolute atomic E-state index is 12.4. The highest BCUT2D eigenvalue weighted by molar-refractivity contribution is 6.52. The van der Waals surface area contributed by atoms with Gasteiger partial charge in [0.2, 0.25) is 5.91 Å². The normalized spacial score (nSPS) is 20.2. The summed E-state index contributed by atoms with van der Waals surface area (Å²) in [7, 11) is 0. The van der Waals surface area contributed by atoms with Gasteiger partial charge in [0.1, 0.15) is 4.33 Å². The van der Waals surface area contributed by atoms with E-state index in [9.17, 15) is 4.79 Å². The number of nitrogens with one attached hydrogen (secondary N) is 1. The van der Waals surface area contributed by atoms with Crippen LogP contribution >= 0.6 is 23.2 Å². The van der Waals surface area contributed by atoms with E-state index in [4.69, 9.17) is 23.2 Å². The summed E-state index contributed by atoms with van der Waals surface area (Å²) in [6.45, 7) is 2.04. The molecule has 2 aromatic rings. The molecule has 0 saturated heterocycles. The van der Waals surface area contributed by atoms with E-state index in [0.717, 1.165) is 11.1 Å². The van der Waals surface area contributed by atoms with E-state index in [1.54, 1.807) is 0 Å². The molecule has 1 saturated carbocycles. The molecular formula is C18H17Cl2NO. The van der Waals surface area contributed by atoms with Crippen molar-refractivity contribution in [3.8, 4) is 0 Å². The number of aryl methyl sites for hydroxylation is 1. The topological polar surface area (TPSA) is 29.1 Å². The average Bonchev–Trinajstić information content (AvgIpc) is 3.15. The first-order valence-electron chi connectivity index (χ1n) is 7.27.